The molecule has 15 heavy (non-hydrogen) atoms. The number of nitrogens with zero attached hydrogens (tertiary/aromatic N) is 2. The van der Waals surface area contributed by atoms with E-state index in [-0.39, 0.29) is 5.38 Å². The van der Waals surface area contributed by atoms with E-state index in [2.05, 4.69) is 15.3 Å². The maximum atomic E-state index is 5.88. The molecule has 2 heterocycles. The van der Waals surface area contributed by atoms with Crippen LogP contribution in [0.1, 0.15) is 6.92 Å². The second-order valence-electron chi connectivity index (χ2n) is 3.39. The quantitative estimate of drug-likeness (QED) is 0.810. The number of halogens is 1. The Morgan fingerprint density at radius 3 is 3.00 bits per heavy atom. The molecule has 0 saturated heterocycles. The zero-order chi connectivity index (χ0) is 10.7. The summed E-state index contributed by atoms with van der Waals surface area (Å²) in [6, 6.07) is 5.73. The highest BCUT2D eigenvalue weighted by Gasteiger charge is 2.02. The zero-order valence-corrected chi connectivity index (χ0v) is 9.20. The van der Waals surface area contributed by atoms with Crippen molar-refractivity contribution in [3.8, 4) is 0 Å². The summed E-state index contributed by atoms with van der Waals surface area (Å²) in [5, 5.41) is 3.35. The second-order valence-corrected chi connectivity index (χ2v) is 4.14. The Morgan fingerprint density at radius 1 is 1.33 bits per heavy atom. The molecule has 0 fully saturated rings. The van der Waals surface area contributed by atoms with Crippen molar-refractivity contribution in [3.63, 3.8) is 0 Å². The molecule has 0 bridgehead atoms. The number of hydrogen-bond acceptors (Lipinski definition) is 3. The molecule has 0 aliphatic heterocycles. The number of hydrogen-bond donors (Lipinski definition) is 1. The van der Waals surface area contributed by atoms with Crippen molar-refractivity contribution in [2.24, 2.45) is 0 Å². The molecule has 0 spiro atoms. The number of rotatable bonds is 3. The zero-order valence-electron chi connectivity index (χ0n) is 8.44. The van der Waals surface area contributed by atoms with Gasteiger partial charge in [0.25, 0.3) is 0 Å². The Hall–Kier alpha value is -1.35. The Kier molecular flexibility index (Phi) is 3.02. The summed E-state index contributed by atoms with van der Waals surface area (Å²) < 4.78 is 0. The van der Waals surface area contributed by atoms with Gasteiger partial charge in [-0.25, -0.2) is 0 Å². The lowest BCUT2D eigenvalue weighted by atomic mass is 10.3. The predicted molar refractivity (Wildman–Crippen MR) is 63.3 cm³/mol. The van der Waals surface area contributed by atoms with E-state index in [1.165, 1.54) is 0 Å². The van der Waals surface area contributed by atoms with Crippen LogP contribution in [0.2, 0.25) is 0 Å². The summed E-state index contributed by atoms with van der Waals surface area (Å²) in [6.07, 6.45) is 3.53. The van der Waals surface area contributed by atoms with Crippen LogP contribution >= 0.6 is 11.6 Å². The van der Waals surface area contributed by atoms with Crippen LogP contribution in [0.15, 0.2) is 30.6 Å². The van der Waals surface area contributed by atoms with E-state index in [1.807, 2.05) is 25.1 Å². The van der Waals surface area contributed by atoms with Gasteiger partial charge in [-0.05, 0) is 25.1 Å². The number of nitrogens with one attached hydrogen (secondary N) is 1. The molecule has 1 atom stereocenters. The smallest absolute Gasteiger partial charge is 0.112 e. The number of fused-ring (bicyclic) bond motifs is 1. The average molecular weight is 222 g/mol. The first kappa shape index (κ1) is 10.2. The van der Waals surface area contributed by atoms with E-state index in [0.717, 1.165) is 23.3 Å². The Balaban J connectivity index is 2.34. The maximum Gasteiger partial charge on any atom is 0.112 e. The monoisotopic (exact) mass is 221 g/mol. The van der Waals surface area contributed by atoms with Gasteiger partial charge in [0.05, 0.1) is 11.2 Å². The first-order chi connectivity index (χ1) is 7.27. The van der Waals surface area contributed by atoms with E-state index < -0.39 is 0 Å². The predicted octanol–water partition coefficient (Wildman–Crippen LogP) is 2.67. The number of alkyl halides is 1. The molecule has 2 aromatic rings. The van der Waals surface area contributed by atoms with Crippen molar-refractivity contribution >= 4 is 28.3 Å². The highest BCUT2D eigenvalue weighted by molar-refractivity contribution is 6.20. The molecule has 0 aliphatic carbocycles. The fraction of sp³-hybridized carbons (Fsp3) is 0.273. The van der Waals surface area contributed by atoms with Crippen LogP contribution in [0.3, 0.4) is 0 Å². The van der Waals surface area contributed by atoms with Crippen LogP contribution in [-0.4, -0.2) is 21.9 Å². The third kappa shape index (κ3) is 2.36. The minimum atomic E-state index is 0.0944. The molecule has 1 unspecified atom stereocenters. The van der Waals surface area contributed by atoms with Crippen LogP contribution in [0.5, 0.6) is 0 Å². The summed E-state index contributed by atoms with van der Waals surface area (Å²) in [5.41, 5.74) is 2.76. The number of anilines is 1. The molecule has 4 heteroatoms. The molecule has 2 rings (SSSR count). The lowest BCUT2D eigenvalue weighted by molar-refractivity contribution is 0.989. The SMILES string of the molecule is CC(Cl)CNc1ccnc2cccnc12. The minimum Gasteiger partial charge on any atom is -0.382 e. The van der Waals surface area contributed by atoms with Gasteiger partial charge in [-0.15, -0.1) is 11.6 Å². The average Bonchev–Trinajstić information content (AvgIpc) is 2.26. The van der Waals surface area contributed by atoms with Gasteiger partial charge in [-0.1, -0.05) is 0 Å². The molecular formula is C11H12ClN3. The topological polar surface area (TPSA) is 37.8 Å². The van der Waals surface area contributed by atoms with Crippen molar-refractivity contribution in [2.45, 2.75) is 12.3 Å². The van der Waals surface area contributed by atoms with E-state index in [4.69, 9.17) is 11.6 Å². The summed E-state index contributed by atoms with van der Waals surface area (Å²) in [7, 11) is 0. The normalized spacial score (nSPS) is 12.7. The Labute approximate surface area is 93.5 Å². The van der Waals surface area contributed by atoms with Crippen LogP contribution in [-0.2, 0) is 0 Å². The van der Waals surface area contributed by atoms with Crippen LogP contribution < -0.4 is 5.32 Å². The molecule has 0 aliphatic rings. The first-order valence-corrected chi connectivity index (χ1v) is 5.28. The van der Waals surface area contributed by atoms with Gasteiger partial charge in [0.15, 0.2) is 0 Å². The Bertz CT molecular complexity index is 451. The van der Waals surface area contributed by atoms with E-state index >= 15 is 0 Å². The lowest BCUT2D eigenvalue weighted by Gasteiger charge is -2.09. The fourth-order valence-electron chi connectivity index (χ4n) is 1.37. The summed E-state index contributed by atoms with van der Waals surface area (Å²) >= 11 is 5.88. The molecular weight excluding hydrogens is 210 g/mol. The summed E-state index contributed by atoms with van der Waals surface area (Å²) in [6.45, 7) is 2.67. The van der Waals surface area contributed by atoms with Gasteiger partial charge in [-0.3, -0.25) is 9.97 Å². The first-order valence-electron chi connectivity index (χ1n) is 4.85. The van der Waals surface area contributed by atoms with E-state index in [9.17, 15) is 0 Å². The van der Waals surface area contributed by atoms with Gasteiger partial charge in [0.2, 0.25) is 0 Å². The summed E-state index contributed by atoms with van der Waals surface area (Å²) in [5.74, 6) is 0. The molecule has 0 amide bonds. The van der Waals surface area contributed by atoms with Gasteiger partial charge in [0.1, 0.15) is 5.52 Å². The molecule has 1 N–H and O–H groups in total. The highest BCUT2D eigenvalue weighted by atomic mass is 35.5. The molecule has 78 valence electrons. The summed E-state index contributed by atoms with van der Waals surface area (Å²) in [4.78, 5) is 8.52. The van der Waals surface area contributed by atoms with Crippen molar-refractivity contribution in [2.75, 3.05) is 11.9 Å². The molecule has 2 aromatic heterocycles. The van der Waals surface area contributed by atoms with E-state index in [1.54, 1.807) is 12.4 Å². The standard InChI is InChI=1S/C11H12ClN3/c1-8(12)7-15-10-4-6-13-9-3-2-5-14-11(9)10/h2-6,8H,7H2,1H3,(H,13,15). The molecule has 0 saturated carbocycles. The van der Waals surface area contributed by atoms with Crippen molar-refractivity contribution < 1.29 is 0 Å². The van der Waals surface area contributed by atoms with E-state index in [0.29, 0.717) is 0 Å². The van der Waals surface area contributed by atoms with Gasteiger partial charge < -0.3 is 5.32 Å². The number of pyridine rings is 2. The molecule has 3 nitrogen and oxygen atoms in total. The third-order valence-electron chi connectivity index (χ3n) is 2.07. The second kappa shape index (κ2) is 4.45. The van der Waals surface area contributed by atoms with Crippen LogP contribution in [0.25, 0.3) is 11.0 Å². The largest absolute Gasteiger partial charge is 0.382 e. The highest BCUT2D eigenvalue weighted by Crippen LogP contribution is 2.18. The van der Waals surface area contributed by atoms with Crippen molar-refractivity contribution in [3.05, 3.63) is 30.6 Å². The van der Waals surface area contributed by atoms with Crippen LogP contribution in [0, 0.1) is 0 Å². The van der Waals surface area contributed by atoms with Crippen molar-refractivity contribution in [1.29, 1.82) is 0 Å². The van der Waals surface area contributed by atoms with Crippen molar-refractivity contribution in [1.82, 2.24) is 9.97 Å². The third-order valence-corrected chi connectivity index (χ3v) is 2.22. The number of aromatic nitrogens is 2. The van der Waals surface area contributed by atoms with Gasteiger partial charge >= 0.3 is 0 Å². The fourth-order valence-corrected chi connectivity index (χ4v) is 1.45. The lowest BCUT2D eigenvalue weighted by Crippen LogP contribution is -2.10. The van der Waals surface area contributed by atoms with Gasteiger partial charge in [0, 0.05) is 24.3 Å². The van der Waals surface area contributed by atoms with Gasteiger partial charge in [-0.2, -0.15) is 0 Å². The Morgan fingerprint density at radius 2 is 2.20 bits per heavy atom. The minimum absolute atomic E-state index is 0.0944. The molecule has 0 radical (unpaired) electrons. The maximum absolute atomic E-state index is 5.88. The molecule has 0 aromatic carbocycles. The van der Waals surface area contributed by atoms with Crippen LogP contribution in [0.4, 0.5) is 5.69 Å².